The third-order valence-corrected chi connectivity index (χ3v) is 5.08. The lowest BCUT2D eigenvalue weighted by Gasteiger charge is -2.04. The van der Waals surface area contributed by atoms with E-state index in [0.717, 1.165) is 16.3 Å². The summed E-state index contributed by atoms with van der Waals surface area (Å²) in [6.07, 6.45) is 0. The largest absolute Gasteiger partial charge is 0.300 e. The van der Waals surface area contributed by atoms with Crippen LogP contribution in [-0.2, 0) is 4.79 Å². The zero-order chi connectivity index (χ0) is 17.6. The first-order valence-electron chi connectivity index (χ1n) is 8.35. The number of benzene rings is 3. The first-order chi connectivity index (χ1) is 12.1. The van der Waals surface area contributed by atoms with Crippen molar-refractivity contribution in [2.45, 2.75) is 12.8 Å². The smallest absolute Gasteiger partial charge is 0.167 e. The maximum absolute atomic E-state index is 13.1. The summed E-state index contributed by atoms with van der Waals surface area (Å²) in [5.41, 5.74) is 1.47. The van der Waals surface area contributed by atoms with E-state index in [1.165, 1.54) is 31.2 Å². The fourth-order valence-electron chi connectivity index (χ4n) is 3.78. The zero-order valence-corrected chi connectivity index (χ0v) is 13.8. The third-order valence-electron chi connectivity index (χ3n) is 5.08. The first kappa shape index (κ1) is 15.7. The molecule has 0 aromatic heterocycles. The van der Waals surface area contributed by atoms with Gasteiger partial charge in [0.1, 0.15) is 11.6 Å². The molecule has 3 aromatic rings. The number of rotatable bonds is 4. The Kier molecular flexibility index (Phi) is 3.72. The highest BCUT2D eigenvalue weighted by Crippen LogP contribution is 2.56. The molecule has 0 radical (unpaired) electrons. The molecule has 3 atom stereocenters. The lowest BCUT2D eigenvalue weighted by molar-refractivity contribution is -0.118. The maximum atomic E-state index is 13.1. The summed E-state index contributed by atoms with van der Waals surface area (Å²) < 4.78 is 13.1. The van der Waals surface area contributed by atoms with Crippen molar-refractivity contribution in [3.63, 3.8) is 0 Å². The van der Waals surface area contributed by atoms with E-state index >= 15 is 0 Å². The number of ketones is 2. The minimum atomic E-state index is -0.374. The van der Waals surface area contributed by atoms with Gasteiger partial charge >= 0.3 is 0 Å². The van der Waals surface area contributed by atoms with Gasteiger partial charge in [0.25, 0.3) is 0 Å². The summed E-state index contributed by atoms with van der Waals surface area (Å²) in [7, 11) is 0. The number of hydrogen-bond donors (Lipinski definition) is 0. The molecular weight excluding hydrogens is 315 g/mol. The van der Waals surface area contributed by atoms with Gasteiger partial charge in [-0.05, 0) is 47.5 Å². The van der Waals surface area contributed by atoms with Crippen molar-refractivity contribution in [3.8, 4) is 0 Å². The Bertz CT molecular complexity index is 975. The predicted molar refractivity (Wildman–Crippen MR) is 95.1 cm³/mol. The van der Waals surface area contributed by atoms with Crippen LogP contribution >= 0.6 is 0 Å². The number of halogens is 1. The Morgan fingerprint density at radius 2 is 1.52 bits per heavy atom. The summed E-state index contributed by atoms with van der Waals surface area (Å²) >= 11 is 0. The van der Waals surface area contributed by atoms with Crippen LogP contribution in [0.4, 0.5) is 4.39 Å². The highest BCUT2D eigenvalue weighted by molar-refractivity contribution is 6.05. The van der Waals surface area contributed by atoms with Crippen molar-refractivity contribution in [2.75, 3.05) is 0 Å². The fraction of sp³-hybridized carbons (Fsp3) is 0.182. The average molecular weight is 332 g/mol. The summed E-state index contributed by atoms with van der Waals surface area (Å²) in [5, 5.41) is 2.23. The second-order valence-corrected chi connectivity index (χ2v) is 6.67. The molecule has 124 valence electrons. The van der Waals surface area contributed by atoms with Crippen LogP contribution in [0.5, 0.6) is 0 Å². The molecular formula is C22H17FO2. The van der Waals surface area contributed by atoms with Crippen LogP contribution in [0.15, 0.2) is 66.7 Å². The monoisotopic (exact) mass is 332 g/mol. The zero-order valence-electron chi connectivity index (χ0n) is 13.8. The third kappa shape index (κ3) is 2.76. The minimum absolute atomic E-state index is 0.0265. The van der Waals surface area contributed by atoms with Crippen LogP contribution in [0.1, 0.15) is 28.8 Å². The van der Waals surface area contributed by atoms with Crippen molar-refractivity contribution >= 4 is 22.3 Å². The van der Waals surface area contributed by atoms with Gasteiger partial charge in [0.05, 0.1) is 0 Å². The molecule has 3 heteroatoms. The van der Waals surface area contributed by atoms with Crippen molar-refractivity contribution in [2.24, 2.45) is 11.8 Å². The Hall–Kier alpha value is -2.81. The number of carbonyl (C=O) groups excluding carboxylic acids is 2. The molecule has 0 bridgehead atoms. The number of hydrogen-bond acceptors (Lipinski definition) is 2. The number of carbonyl (C=O) groups is 2. The number of Topliss-reactive ketones (excluding diaryl/α,β-unsaturated/α-hetero) is 2. The van der Waals surface area contributed by atoms with Crippen molar-refractivity contribution in [1.29, 1.82) is 0 Å². The van der Waals surface area contributed by atoms with Gasteiger partial charge in [-0.25, -0.2) is 4.39 Å². The SMILES string of the molecule is CC(=O)C1C(C(=O)c2ccc(F)cc2)C1c1ccc2ccccc2c1. The van der Waals surface area contributed by atoms with Gasteiger partial charge in [0, 0.05) is 23.3 Å². The highest BCUT2D eigenvalue weighted by Gasteiger charge is 2.57. The van der Waals surface area contributed by atoms with Crippen LogP contribution in [0.25, 0.3) is 10.8 Å². The topological polar surface area (TPSA) is 34.1 Å². The van der Waals surface area contributed by atoms with E-state index in [1.54, 1.807) is 0 Å². The van der Waals surface area contributed by atoms with E-state index < -0.39 is 0 Å². The minimum Gasteiger partial charge on any atom is -0.300 e. The van der Waals surface area contributed by atoms with Crippen LogP contribution in [0.3, 0.4) is 0 Å². The second-order valence-electron chi connectivity index (χ2n) is 6.67. The quantitative estimate of drug-likeness (QED) is 0.644. The Labute approximate surface area is 145 Å². The Balaban J connectivity index is 1.68. The van der Waals surface area contributed by atoms with E-state index in [0.29, 0.717) is 5.56 Å². The van der Waals surface area contributed by atoms with Gasteiger partial charge in [-0.15, -0.1) is 0 Å². The Morgan fingerprint density at radius 3 is 2.20 bits per heavy atom. The molecule has 1 fully saturated rings. The molecule has 3 aromatic carbocycles. The molecule has 3 unspecified atom stereocenters. The average Bonchev–Trinajstić information content (AvgIpc) is 3.37. The normalized spacial score (nSPS) is 21.9. The molecule has 0 amide bonds. The van der Waals surface area contributed by atoms with Crippen LogP contribution in [-0.4, -0.2) is 11.6 Å². The summed E-state index contributed by atoms with van der Waals surface area (Å²) in [6.45, 7) is 1.54. The van der Waals surface area contributed by atoms with Crippen molar-refractivity contribution in [3.05, 3.63) is 83.7 Å². The molecule has 0 heterocycles. The molecule has 1 aliphatic rings. The molecule has 4 rings (SSSR count). The van der Waals surface area contributed by atoms with Crippen LogP contribution in [0, 0.1) is 17.7 Å². The Morgan fingerprint density at radius 1 is 0.840 bits per heavy atom. The van der Waals surface area contributed by atoms with Gasteiger partial charge in [0.2, 0.25) is 0 Å². The lowest BCUT2D eigenvalue weighted by Crippen LogP contribution is -2.06. The second kappa shape index (κ2) is 5.92. The molecule has 2 nitrogen and oxygen atoms in total. The van der Waals surface area contributed by atoms with Gasteiger partial charge < -0.3 is 0 Å². The molecule has 1 saturated carbocycles. The van der Waals surface area contributed by atoms with E-state index in [1.807, 2.05) is 36.4 Å². The van der Waals surface area contributed by atoms with E-state index in [9.17, 15) is 14.0 Å². The first-order valence-corrected chi connectivity index (χ1v) is 8.35. The van der Waals surface area contributed by atoms with Crippen molar-refractivity contribution < 1.29 is 14.0 Å². The number of fused-ring (bicyclic) bond motifs is 1. The molecule has 1 aliphatic carbocycles. The standard InChI is InChI=1S/C22H17FO2/c1-13(24)19-20(17-7-6-14-4-2-3-5-16(14)12-17)21(19)22(25)15-8-10-18(23)11-9-15/h2-12,19-21H,1H3. The van der Waals surface area contributed by atoms with Crippen LogP contribution in [0.2, 0.25) is 0 Å². The van der Waals surface area contributed by atoms with Gasteiger partial charge in [-0.2, -0.15) is 0 Å². The summed E-state index contributed by atoms with van der Waals surface area (Å²) in [4.78, 5) is 24.8. The lowest BCUT2D eigenvalue weighted by atomic mass is 10.0. The molecule has 25 heavy (non-hydrogen) atoms. The molecule has 0 aliphatic heterocycles. The van der Waals surface area contributed by atoms with E-state index in [4.69, 9.17) is 0 Å². The van der Waals surface area contributed by atoms with Gasteiger partial charge in [-0.3, -0.25) is 9.59 Å². The fourth-order valence-corrected chi connectivity index (χ4v) is 3.78. The highest BCUT2D eigenvalue weighted by atomic mass is 19.1. The molecule has 0 spiro atoms. The van der Waals surface area contributed by atoms with E-state index in [-0.39, 0.29) is 35.1 Å². The van der Waals surface area contributed by atoms with Crippen LogP contribution < -0.4 is 0 Å². The maximum Gasteiger partial charge on any atom is 0.167 e. The van der Waals surface area contributed by atoms with Gasteiger partial charge in [-0.1, -0.05) is 42.5 Å². The van der Waals surface area contributed by atoms with Crippen molar-refractivity contribution in [1.82, 2.24) is 0 Å². The van der Waals surface area contributed by atoms with Gasteiger partial charge in [0.15, 0.2) is 5.78 Å². The predicted octanol–water partition coefficient (Wildman–Crippen LogP) is 4.78. The summed E-state index contributed by atoms with van der Waals surface area (Å²) in [6, 6.07) is 19.7. The molecule has 0 saturated heterocycles. The van der Waals surface area contributed by atoms with E-state index in [2.05, 4.69) is 6.07 Å². The summed E-state index contributed by atoms with van der Waals surface area (Å²) in [5.74, 6) is -1.18. The molecule has 0 N–H and O–H groups in total.